The van der Waals surface area contributed by atoms with Crippen LogP contribution in [0.2, 0.25) is 0 Å². The smallest absolute Gasteiger partial charge is 0.190 e. The van der Waals surface area contributed by atoms with Crippen LogP contribution >= 0.6 is 0 Å². The highest BCUT2D eigenvalue weighted by molar-refractivity contribution is 6.01. The van der Waals surface area contributed by atoms with E-state index in [9.17, 15) is 19.8 Å². The summed E-state index contributed by atoms with van der Waals surface area (Å²) in [6.07, 6.45) is 10.6. The fraction of sp³-hybridized carbons (Fsp3) is 0.778. The summed E-state index contributed by atoms with van der Waals surface area (Å²) in [5.74, 6) is 0.862. The van der Waals surface area contributed by atoms with Gasteiger partial charge in [-0.3, -0.25) is 9.59 Å². The van der Waals surface area contributed by atoms with E-state index in [4.69, 9.17) is 4.74 Å². The van der Waals surface area contributed by atoms with Gasteiger partial charge in [-0.1, -0.05) is 39.2 Å². The molecule has 0 heterocycles. The van der Waals surface area contributed by atoms with Crippen molar-refractivity contribution < 1.29 is 24.5 Å². The fourth-order valence-electron chi connectivity index (χ4n) is 8.31. The molecule has 5 heteroatoms. The van der Waals surface area contributed by atoms with Gasteiger partial charge < -0.3 is 14.9 Å². The van der Waals surface area contributed by atoms with Crippen LogP contribution in [0.1, 0.15) is 79.1 Å². The molecule has 0 saturated heterocycles. The lowest BCUT2D eigenvalue weighted by molar-refractivity contribution is -0.187. The fourth-order valence-corrected chi connectivity index (χ4v) is 8.31. The quantitative estimate of drug-likeness (QED) is 0.544. The maximum Gasteiger partial charge on any atom is 0.190 e. The first kappa shape index (κ1) is 23.7. The molecule has 0 aromatic heterocycles. The van der Waals surface area contributed by atoms with Crippen molar-refractivity contribution in [1.82, 2.24) is 0 Å². The predicted molar refractivity (Wildman–Crippen MR) is 123 cm³/mol. The second-order valence-corrected chi connectivity index (χ2v) is 11.2. The number of ketones is 2. The number of carbonyl (C=O) groups excluding carboxylic acids is 2. The predicted octanol–water partition coefficient (Wildman–Crippen LogP) is 4.93. The summed E-state index contributed by atoms with van der Waals surface area (Å²) in [6, 6.07) is 0. The first-order valence-electron chi connectivity index (χ1n) is 12.6. The average molecular weight is 445 g/mol. The van der Waals surface area contributed by atoms with Crippen LogP contribution in [0.15, 0.2) is 23.5 Å². The zero-order chi connectivity index (χ0) is 23.3. The van der Waals surface area contributed by atoms with E-state index in [1.54, 1.807) is 6.08 Å². The molecule has 3 saturated carbocycles. The van der Waals surface area contributed by atoms with Crippen LogP contribution in [0.3, 0.4) is 0 Å². The summed E-state index contributed by atoms with van der Waals surface area (Å²) in [4.78, 5) is 25.4. The van der Waals surface area contributed by atoms with E-state index in [1.165, 1.54) is 6.08 Å². The number of rotatable bonds is 7. The molecule has 0 aromatic carbocycles. The van der Waals surface area contributed by atoms with Gasteiger partial charge in [-0.15, -0.1) is 0 Å². The van der Waals surface area contributed by atoms with E-state index in [2.05, 4.69) is 27.7 Å². The largest absolute Gasteiger partial charge is 0.511 e. The highest BCUT2D eigenvalue weighted by atomic mass is 16.5. The number of aliphatic hydroxyl groups is 2. The minimum atomic E-state index is -0.942. The molecule has 4 aliphatic rings. The average Bonchev–Trinajstić information content (AvgIpc) is 2.99. The Labute approximate surface area is 192 Å². The Balaban J connectivity index is 1.69. The number of carbonyl (C=O) groups is 2. The maximum atomic E-state index is 13.3. The van der Waals surface area contributed by atoms with Crippen molar-refractivity contribution in [2.75, 3.05) is 13.2 Å². The van der Waals surface area contributed by atoms with E-state index in [0.29, 0.717) is 18.4 Å². The summed E-state index contributed by atoms with van der Waals surface area (Å²) in [7, 11) is 0. The number of aliphatic hydroxyl groups excluding tert-OH is 2. The van der Waals surface area contributed by atoms with E-state index in [1.807, 2.05) is 0 Å². The molecule has 7 atom stereocenters. The van der Waals surface area contributed by atoms with Crippen LogP contribution in [-0.2, 0) is 14.3 Å². The topological polar surface area (TPSA) is 83.8 Å². The van der Waals surface area contributed by atoms with Gasteiger partial charge in [-0.25, -0.2) is 0 Å². The van der Waals surface area contributed by atoms with Crippen LogP contribution in [0.5, 0.6) is 0 Å². The van der Waals surface area contributed by atoms with E-state index < -0.39 is 17.6 Å². The first-order chi connectivity index (χ1) is 15.2. The molecular formula is C27H40O5. The molecule has 4 aliphatic carbocycles. The Morgan fingerprint density at radius 3 is 2.62 bits per heavy atom. The molecule has 0 aliphatic heterocycles. The van der Waals surface area contributed by atoms with Gasteiger partial charge in [0.1, 0.15) is 18.0 Å². The third kappa shape index (κ3) is 3.10. The molecule has 0 bridgehead atoms. The van der Waals surface area contributed by atoms with Crippen molar-refractivity contribution in [2.45, 2.75) is 84.7 Å². The highest BCUT2D eigenvalue weighted by Crippen LogP contribution is 2.69. The molecule has 4 rings (SSSR count). The lowest BCUT2D eigenvalue weighted by Gasteiger charge is -2.59. The van der Waals surface area contributed by atoms with Crippen molar-refractivity contribution in [1.29, 1.82) is 0 Å². The summed E-state index contributed by atoms with van der Waals surface area (Å²) < 4.78 is 6.55. The SMILES string of the molecule is CCCCCO[C@]1(C(=O)CO)C(C)C[C@H]2[C@@H]3CCC4=CC(=O)C=C(O)[C@]4(C)[C@H]3CC[C@@]21C. The number of hydrogen-bond donors (Lipinski definition) is 2. The van der Waals surface area contributed by atoms with Gasteiger partial charge in [-0.05, 0) is 75.2 Å². The number of ether oxygens (including phenoxy) is 1. The lowest BCUT2D eigenvalue weighted by Crippen LogP contribution is -2.61. The van der Waals surface area contributed by atoms with Gasteiger partial charge in [0.15, 0.2) is 11.6 Å². The lowest BCUT2D eigenvalue weighted by atomic mass is 9.46. The van der Waals surface area contributed by atoms with Gasteiger partial charge in [0.05, 0.1) is 0 Å². The number of fused-ring (bicyclic) bond motifs is 5. The second-order valence-electron chi connectivity index (χ2n) is 11.2. The van der Waals surface area contributed by atoms with Crippen LogP contribution < -0.4 is 0 Å². The summed E-state index contributed by atoms with van der Waals surface area (Å²) in [5.41, 5.74) is -0.703. The Bertz CT molecular complexity index is 843. The third-order valence-corrected chi connectivity index (χ3v) is 9.90. The molecule has 2 N–H and O–H groups in total. The molecular weight excluding hydrogens is 404 g/mol. The first-order valence-corrected chi connectivity index (χ1v) is 12.6. The standard InChI is InChI=1S/C27H40O5/c1-5-6-7-12-32-27(24(31)16-28)17(2)13-22-20-9-8-18-14-19(29)15-23(30)26(18,4)21(20)10-11-25(22,27)3/h14-15,17,20-22,28,30H,5-13,16H2,1-4H3/t17?,20-,21+,22+,25+,26+,27+/m1/s1. The highest BCUT2D eigenvalue weighted by Gasteiger charge is 2.70. The normalized spacial score (nSPS) is 43.1. The van der Waals surface area contributed by atoms with E-state index in [0.717, 1.165) is 56.9 Å². The third-order valence-electron chi connectivity index (χ3n) is 9.90. The molecule has 1 unspecified atom stereocenters. The minimum Gasteiger partial charge on any atom is -0.511 e. The Kier molecular flexibility index (Phi) is 6.21. The molecule has 0 radical (unpaired) electrons. The van der Waals surface area contributed by atoms with Gasteiger partial charge in [0, 0.05) is 23.5 Å². The molecule has 32 heavy (non-hydrogen) atoms. The van der Waals surface area contributed by atoms with Crippen molar-refractivity contribution >= 4 is 11.6 Å². The number of Topliss-reactive ketones (excluding diaryl/α,β-unsaturated/α-hetero) is 1. The summed E-state index contributed by atoms with van der Waals surface area (Å²) >= 11 is 0. The Morgan fingerprint density at radius 1 is 1.19 bits per heavy atom. The van der Waals surface area contributed by atoms with Crippen molar-refractivity contribution in [3.8, 4) is 0 Å². The van der Waals surface area contributed by atoms with Crippen molar-refractivity contribution in [3.63, 3.8) is 0 Å². The zero-order valence-corrected chi connectivity index (χ0v) is 20.2. The van der Waals surface area contributed by atoms with Gasteiger partial charge in [0.2, 0.25) is 0 Å². The monoisotopic (exact) mass is 444 g/mol. The van der Waals surface area contributed by atoms with Gasteiger partial charge in [-0.2, -0.15) is 0 Å². The van der Waals surface area contributed by atoms with Gasteiger partial charge in [0.25, 0.3) is 0 Å². The molecule has 178 valence electrons. The number of allylic oxidation sites excluding steroid dienone is 3. The number of hydrogen-bond acceptors (Lipinski definition) is 5. The molecule has 0 aromatic rings. The molecule has 3 fully saturated rings. The minimum absolute atomic E-state index is 0.0411. The van der Waals surface area contributed by atoms with E-state index in [-0.39, 0.29) is 34.6 Å². The molecule has 0 amide bonds. The second kappa shape index (κ2) is 8.39. The Hall–Kier alpha value is -1.46. The van der Waals surface area contributed by atoms with E-state index >= 15 is 0 Å². The van der Waals surface area contributed by atoms with Crippen LogP contribution in [0.4, 0.5) is 0 Å². The summed E-state index contributed by atoms with van der Waals surface area (Å²) in [6.45, 7) is 8.67. The Morgan fingerprint density at radius 2 is 1.94 bits per heavy atom. The van der Waals surface area contributed by atoms with Crippen molar-refractivity contribution in [2.24, 2.45) is 34.5 Å². The molecule has 0 spiro atoms. The number of unbranched alkanes of at least 4 members (excludes halogenated alkanes) is 2. The van der Waals surface area contributed by atoms with Gasteiger partial charge >= 0.3 is 0 Å². The van der Waals surface area contributed by atoms with Crippen LogP contribution in [-0.4, -0.2) is 40.6 Å². The van der Waals surface area contributed by atoms with Crippen molar-refractivity contribution in [3.05, 3.63) is 23.5 Å². The zero-order valence-electron chi connectivity index (χ0n) is 20.2. The molecule has 5 nitrogen and oxygen atoms in total. The maximum absolute atomic E-state index is 13.3. The summed E-state index contributed by atoms with van der Waals surface area (Å²) in [5, 5.41) is 20.9. The van der Waals surface area contributed by atoms with Crippen LogP contribution in [0, 0.1) is 34.5 Å². The van der Waals surface area contributed by atoms with Crippen LogP contribution in [0.25, 0.3) is 0 Å².